The van der Waals surface area contributed by atoms with Gasteiger partial charge >= 0.3 is 0 Å². The number of methoxy groups -OCH3 is 1. The normalized spacial score (nSPS) is 18.0. The van der Waals surface area contributed by atoms with Gasteiger partial charge in [0.25, 0.3) is 5.91 Å². The summed E-state index contributed by atoms with van der Waals surface area (Å²) in [5.41, 5.74) is 7.29. The van der Waals surface area contributed by atoms with Crippen molar-refractivity contribution in [1.29, 1.82) is 0 Å². The van der Waals surface area contributed by atoms with E-state index in [1.807, 2.05) is 4.90 Å². The molecule has 6 nitrogen and oxygen atoms in total. The van der Waals surface area contributed by atoms with E-state index in [2.05, 4.69) is 11.4 Å². The van der Waals surface area contributed by atoms with Crippen molar-refractivity contribution in [3.05, 3.63) is 45.6 Å². The molecular formula is C21H26N2O4S. The lowest BCUT2D eigenvalue weighted by Crippen LogP contribution is -2.48. The van der Waals surface area contributed by atoms with Gasteiger partial charge in [-0.3, -0.25) is 4.79 Å². The average Bonchev–Trinajstić information content (AvgIpc) is 3.23. The van der Waals surface area contributed by atoms with E-state index in [9.17, 15) is 4.79 Å². The zero-order valence-corrected chi connectivity index (χ0v) is 16.9. The molecule has 1 fully saturated rings. The molecule has 0 unspecified atom stereocenters. The first-order valence-electron chi connectivity index (χ1n) is 9.68. The van der Waals surface area contributed by atoms with Gasteiger partial charge in [0.15, 0.2) is 0 Å². The zero-order chi connectivity index (χ0) is 19.6. The van der Waals surface area contributed by atoms with Crippen LogP contribution in [0.5, 0.6) is 11.5 Å². The number of hydrogen-bond acceptors (Lipinski definition) is 6. The van der Waals surface area contributed by atoms with E-state index >= 15 is 0 Å². The lowest BCUT2D eigenvalue weighted by atomic mass is 9.85. The molecule has 0 bridgehead atoms. The SMILES string of the molecule is COc1ccc(C(=O)N2CCC3(CC2)OCCc2ccsc23)c(OCCN)c1. The fraction of sp³-hybridized carbons (Fsp3) is 0.476. The van der Waals surface area contributed by atoms with Crippen LogP contribution in [-0.2, 0) is 16.8 Å². The van der Waals surface area contributed by atoms with E-state index < -0.39 is 0 Å². The first kappa shape index (κ1) is 19.2. The number of hydrogen-bond donors (Lipinski definition) is 1. The average molecular weight is 403 g/mol. The van der Waals surface area contributed by atoms with Crippen LogP contribution in [0, 0.1) is 0 Å². The molecule has 0 radical (unpaired) electrons. The molecule has 7 heteroatoms. The molecule has 0 atom stereocenters. The van der Waals surface area contributed by atoms with E-state index in [-0.39, 0.29) is 11.5 Å². The topological polar surface area (TPSA) is 74.0 Å². The Morgan fingerprint density at radius 3 is 2.89 bits per heavy atom. The number of carbonyl (C=O) groups is 1. The highest BCUT2D eigenvalue weighted by Crippen LogP contribution is 2.44. The van der Waals surface area contributed by atoms with E-state index in [0.29, 0.717) is 43.3 Å². The Morgan fingerprint density at radius 2 is 2.14 bits per heavy atom. The molecule has 0 aliphatic carbocycles. The zero-order valence-electron chi connectivity index (χ0n) is 16.1. The predicted molar refractivity (Wildman–Crippen MR) is 108 cm³/mol. The smallest absolute Gasteiger partial charge is 0.257 e. The molecule has 2 aromatic rings. The second-order valence-electron chi connectivity index (χ2n) is 7.16. The quantitative estimate of drug-likeness (QED) is 0.833. The van der Waals surface area contributed by atoms with Crippen LogP contribution in [0.2, 0.25) is 0 Å². The van der Waals surface area contributed by atoms with Crippen molar-refractivity contribution < 1.29 is 19.0 Å². The van der Waals surface area contributed by atoms with Gasteiger partial charge in [-0.05, 0) is 48.4 Å². The highest BCUT2D eigenvalue weighted by molar-refractivity contribution is 7.10. The van der Waals surface area contributed by atoms with Crippen LogP contribution < -0.4 is 15.2 Å². The lowest BCUT2D eigenvalue weighted by molar-refractivity contribution is -0.0906. The molecule has 4 rings (SSSR count). The number of carbonyl (C=O) groups excluding carboxylic acids is 1. The Bertz CT molecular complexity index is 843. The molecule has 2 N–H and O–H groups in total. The van der Waals surface area contributed by atoms with Crippen LogP contribution in [-0.4, -0.2) is 50.8 Å². The minimum absolute atomic E-state index is 0.0215. The third-order valence-electron chi connectivity index (χ3n) is 5.56. The Kier molecular flexibility index (Phi) is 5.57. The number of ether oxygens (including phenoxy) is 3. The van der Waals surface area contributed by atoms with Crippen LogP contribution in [0.25, 0.3) is 0 Å². The predicted octanol–water partition coefficient (Wildman–Crippen LogP) is 2.80. The summed E-state index contributed by atoms with van der Waals surface area (Å²) in [4.78, 5) is 16.4. The maximum absolute atomic E-state index is 13.2. The molecule has 1 spiro atoms. The van der Waals surface area contributed by atoms with Crippen molar-refractivity contribution in [2.45, 2.75) is 24.9 Å². The van der Waals surface area contributed by atoms with Gasteiger partial charge in [0.2, 0.25) is 0 Å². The summed E-state index contributed by atoms with van der Waals surface area (Å²) in [5, 5.41) is 2.15. The van der Waals surface area contributed by atoms with Crippen LogP contribution in [0.3, 0.4) is 0 Å². The number of amides is 1. The number of rotatable bonds is 5. The van der Waals surface area contributed by atoms with Gasteiger partial charge in [-0.15, -0.1) is 11.3 Å². The summed E-state index contributed by atoms with van der Waals surface area (Å²) in [6, 6.07) is 7.51. The summed E-state index contributed by atoms with van der Waals surface area (Å²) >= 11 is 1.78. The molecule has 1 amide bonds. The molecule has 2 aliphatic rings. The van der Waals surface area contributed by atoms with Crippen LogP contribution in [0.4, 0.5) is 0 Å². The van der Waals surface area contributed by atoms with Crippen LogP contribution in [0.15, 0.2) is 29.6 Å². The van der Waals surface area contributed by atoms with Gasteiger partial charge in [0.05, 0.1) is 19.3 Å². The number of nitrogens with two attached hydrogens (primary N) is 1. The summed E-state index contributed by atoms with van der Waals surface area (Å²) in [6.07, 6.45) is 2.62. The van der Waals surface area contributed by atoms with Crippen molar-refractivity contribution in [3.8, 4) is 11.5 Å². The number of likely N-dealkylation sites (tertiary alicyclic amines) is 1. The first-order valence-corrected chi connectivity index (χ1v) is 10.6. The second kappa shape index (κ2) is 8.11. The number of benzene rings is 1. The van der Waals surface area contributed by atoms with Gasteiger partial charge in [-0.2, -0.15) is 0 Å². The highest BCUT2D eigenvalue weighted by Gasteiger charge is 2.42. The molecule has 0 saturated carbocycles. The van der Waals surface area contributed by atoms with Crippen LogP contribution in [0.1, 0.15) is 33.6 Å². The summed E-state index contributed by atoms with van der Waals surface area (Å²) in [7, 11) is 1.59. The fourth-order valence-corrected chi connectivity index (χ4v) is 5.23. The third-order valence-corrected chi connectivity index (χ3v) is 6.71. The van der Waals surface area contributed by atoms with Crippen molar-refractivity contribution in [2.24, 2.45) is 5.73 Å². The van der Waals surface area contributed by atoms with E-state index in [0.717, 1.165) is 25.9 Å². The number of fused-ring (bicyclic) bond motifs is 2. The molecule has 1 aromatic heterocycles. The standard InChI is InChI=1S/C21H26N2O4S/c1-25-16-2-3-17(18(14-16)26-12-8-22)20(24)23-9-6-21(7-10-23)19-15(4-11-27-21)5-13-28-19/h2-3,5,13-14H,4,6-12,22H2,1H3. The minimum atomic E-state index is -0.225. The summed E-state index contributed by atoms with van der Waals surface area (Å²) in [6.45, 7) is 2.83. The summed E-state index contributed by atoms with van der Waals surface area (Å²) in [5.74, 6) is 1.15. The Labute approximate surface area is 169 Å². The largest absolute Gasteiger partial charge is 0.497 e. The van der Waals surface area contributed by atoms with Crippen molar-refractivity contribution in [3.63, 3.8) is 0 Å². The molecular weight excluding hydrogens is 376 g/mol. The second-order valence-corrected chi connectivity index (χ2v) is 8.08. The van der Waals surface area contributed by atoms with Gasteiger partial charge in [0.1, 0.15) is 23.7 Å². The van der Waals surface area contributed by atoms with Crippen LogP contribution >= 0.6 is 11.3 Å². The fourth-order valence-electron chi connectivity index (χ4n) is 4.06. The number of thiophene rings is 1. The molecule has 3 heterocycles. The van der Waals surface area contributed by atoms with E-state index in [1.54, 1.807) is 36.6 Å². The van der Waals surface area contributed by atoms with Crippen molar-refractivity contribution >= 4 is 17.2 Å². The van der Waals surface area contributed by atoms with E-state index in [1.165, 1.54) is 10.4 Å². The van der Waals surface area contributed by atoms with Crippen molar-refractivity contribution in [2.75, 3.05) is 40.0 Å². The third kappa shape index (κ3) is 3.50. The van der Waals surface area contributed by atoms with Gasteiger partial charge in [0, 0.05) is 30.6 Å². The van der Waals surface area contributed by atoms with Gasteiger partial charge < -0.3 is 24.8 Å². The molecule has 150 valence electrons. The van der Waals surface area contributed by atoms with E-state index in [4.69, 9.17) is 19.9 Å². The maximum Gasteiger partial charge on any atom is 0.257 e. The Hall–Kier alpha value is -2.09. The highest BCUT2D eigenvalue weighted by atomic mass is 32.1. The monoisotopic (exact) mass is 402 g/mol. The first-order chi connectivity index (χ1) is 13.7. The van der Waals surface area contributed by atoms with Gasteiger partial charge in [-0.1, -0.05) is 0 Å². The number of nitrogens with zero attached hydrogens (tertiary/aromatic N) is 1. The Morgan fingerprint density at radius 1 is 1.32 bits per heavy atom. The minimum Gasteiger partial charge on any atom is -0.497 e. The van der Waals surface area contributed by atoms with Crippen molar-refractivity contribution in [1.82, 2.24) is 4.90 Å². The molecule has 1 saturated heterocycles. The van der Waals surface area contributed by atoms with Gasteiger partial charge in [-0.25, -0.2) is 0 Å². The Balaban J connectivity index is 1.51. The molecule has 1 aromatic carbocycles. The lowest BCUT2D eigenvalue weighted by Gasteiger charge is -2.43. The molecule has 28 heavy (non-hydrogen) atoms. The maximum atomic E-state index is 13.2. The molecule has 2 aliphatic heterocycles. The summed E-state index contributed by atoms with van der Waals surface area (Å²) < 4.78 is 17.2. The number of piperidine rings is 1.